The van der Waals surface area contributed by atoms with Crippen molar-refractivity contribution < 1.29 is 19.1 Å². The van der Waals surface area contributed by atoms with Gasteiger partial charge in [-0.15, -0.1) is 0 Å². The zero-order chi connectivity index (χ0) is 28.8. The highest BCUT2D eigenvalue weighted by Crippen LogP contribution is 2.28. The van der Waals surface area contributed by atoms with Gasteiger partial charge < -0.3 is 9.47 Å². The maximum atomic E-state index is 12.8. The van der Waals surface area contributed by atoms with Crippen LogP contribution in [0.2, 0.25) is 15.1 Å². The van der Waals surface area contributed by atoms with Gasteiger partial charge in [-0.2, -0.15) is 5.10 Å². The normalized spacial score (nSPS) is 11.0. The lowest BCUT2D eigenvalue weighted by Crippen LogP contribution is -2.17. The minimum absolute atomic E-state index is 0.238. The Morgan fingerprint density at radius 3 is 2.34 bits per heavy atom. The van der Waals surface area contributed by atoms with Gasteiger partial charge in [-0.25, -0.2) is 10.2 Å². The maximum absolute atomic E-state index is 12.8. The van der Waals surface area contributed by atoms with Crippen LogP contribution in [-0.2, 0) is 6.61 Å². The molecule has 0 spiro atoms. The molecule has 0 radical (unpaired) electrons. The van der Waals surface area contributed by atoms with Gasteiger partial charge in [-0.05, 0) is 65.4 Å². The lowest BCUT2D eigenvalue weighted by Gasteiger charge is -2.11. The third kappa shape index (κ3) is 6.87. The topological polar surface area (TPSA) is 77.0 Å². The van der Waals surface area contributed by atoms with E-state index in [2.05, 4.69) is 10.5 Å². The zero-order valence-corrected chi connectivity index (χ0v) is 23.6. The Kier molecular flexibility index (Phi) is 8.85. The van der Waals surface area contributed by atoms with E-state index >= 15 is 0 Å². The predicted octanol–water partition coefficient (Wildman–Crippen LogP) is 8.36. The number of hydrogen-bond acceptors (Lipinski definition) is 5. The first kappa shape index (κ1) is 28.2. The van der Waals surface area contributed by atoms with Crippen LogP contribution in [0.15, 0.2) is 108 Å². The number of amides is 1. The SMILES string of the molecule is O=C(N/N=C/c1c(OC(=O)c2ccccc2Cl)ccc2ccccc12)c1ccc(OCc2ccc(Cl)cc2Cl)cc1. The van der Waals surface area contributed by atoms with E-state index in [1.165, 1.54) is 6.21 Å². The van der Waals surface area contributed by atoms with Crippen LogP contribution < -0.4 is 14.9 Å². The standard InChI is InChI=1S/C32H21Cl3N2O4/c33-23-13-9-22(29(35)17-23)19-40-24-14-10-21(11-15-24)31(38)37-36-18-27-25-6-2-1-5-20(25)12-16-30(27)41-32(39)26-7-3-4-8-28(26)34/h1-18H,19H2,(H,37,38)/b36-18+. The van der Waals surface area contributed by atoms with Gasteiger partial charge in [0.1, 0.15) is 18.1 Å². The Morgan fingerprint density at radius 1 is 0.805 bits per heavy atom. The molecule has 0 atom stereocenters. The van der Waals surface area contributed by atoms with E-state index in [9.17, 15) is 9.59 Å². The average Bonchev–Trinajstić information content (AvgIpc) is 2.98. The summed E-state index contributed by atoms with van der Waals surface area (Å²) >= 11 is 18.3. The molecule has 0 bridgehead atoms. The summed E-state index contributed by atoms with van der Waals surface area (Å²) in [4.78, 5) is 25.6. The molecular weight excluding hydrogens is 583 g/mol. The number of ether oxygens (including phenoxy) is 2. The number of rotatable bonds is 8. The highest BCUT2D eigenvalue weighted by molar-refractivity contribution is 6.35. The molecule has 5 aromatic rings. The highest BCUT2D eigenvalue weighted by Gasteiger charge is 2.16. The summed E-state index contributed by atoms with van der Waals surface area (Å²) in [7, 11) is 0. The first-order valence-electron chi connectivity index (χ1n) is 12.4. The molecule has 204 valence electrons. The molecule has 6 nitrogen and oxygen atoms in total. The lowest BCUT2D eigenvalue weighted by molar-refractivity contribution is 0.0734. The van der Waals surface area contributed by atoms with Gasteiger partial charge >= 0.3 is 5.97 Å². The third-order valence-electron chi connectivity index (χ3n) is 6.11. The summed E-state index contributed by atoms with van der Waals surface area (Å²) < 4.78 is 11.5. The van der Waals surface area contributed by atoms with Crippen molar-refractivity contribution in [3.8, 4) is 11.5 Å². The van der Waals surface area contributed by atoms with E-state index in [0.717, 1.165) is 16.3 Å². The Morgan fingerprint density at radius 2 is 1.56 bits per heavy atom. The fourth-order valence-corrected chi connectivity index (χ4v) is 4.68. The summed E-state index contributed by atoms with van der Waals surface area (Å²) in [5.74, 6) is -0.195. The van der Waals surface area contributed by atoms with E-state index in [1.807, 2.05) is 30.3 Å². The molecule has 41 heavy (non-hydrogen) atoms. The van der Waals surface area contributed by atoms with Crippen LogP contribution in [0, 0.1) is 0 Å². The van der Waals surface area contributed by atoms with Crippen molar-refractivity contribution in [1.82, 2.24) is 5.43 Å². The van der Waals surface area contributed by atoms with Crippen molar-refractivity contribution in [1.29, 1.82) is 0 Å². The smallest absolute Gasteiger partial charge is 0.345 e. The summed E-state index contributed by atoms with van der Waals surface area (Å²) in [6.45, 7) is 0.250. The van der Waals surface area contributed by atoms with Crippen LogP contribution in [0.3, 0.4) is 0 Å². The van der Waals surface area contributed by atoms with Crippen LogP contribution in [0.1, 0.15) is 31.8 Å². The highest BCUT2D eigenvalue weighted by atomic mass is 35.5. The van der Waals surface area contributed by atoms with Crippen LogP contribution in [0.4, 0.5) is 0 Å². The number of nitrogens with zero attached hydrogens (tertiary/aromatic N) is 1. The quantitative estimate of drug-likeness (QED) is 0.0837. The average molecular weight is 604 g/mol. The van der Waals surface area contributed by atoms with Crippen molar-refractivity contribution in [3.63, 3.8) is 0 Å². The summed E-state index contributed by atoms with van der Waals surface area (Å²) in [5, 5.41) is 7.19. The number of carbonyl (C=O) groups is 2. The van der Waals surface area contributed by atoms with Gasteiger partial charge in [0.25, 0.3) is 5.91 Å². The summed E-state index contributed by atoms with van der Waals surface area (Å²) in [5.41, 5.74) is 4.45. The predicted molar refractivity (Wildman–Crippen MR) is 163 cm³/mol. The van der Waals surface area contributed by atoms with Crippen molar-refractivity contribution in [2.75, 3.05) is 0 Å². The summed E-state index contributed by atoms with van der Waals surface area (Å²) in [6.07, 6.45) is 1.45. The molecule has 0 saturated heterocycles. The number of halogens is 3. The second-order valence-electron chi connectivity index (χ2n) is 8.82. The minimum Gasteiger partial charge on any atom is -0.489 e. The maximum Gasteiger partial charge on any atom is 0.345 e. The number of esters is 1. The van der Waals surface area contributed by atoms with Crippen molar-refractivity contribution >= 4 is 63.7 Å². The Hall–Kier alpha value is -4.36. The minimum atomic E-state index is -0.606. The van der Waals surface area contributed by atoms with E-state index in [4.69, 9.17) is 44.3 Å². The van der Waals surface area contributed by atoms with Crippen LogP contribution in [-0.4, -0.2) is 18.1 Å². The van der Waals surface area contributed by atoms with Gasteiger partial charge in [-0.1, -0.05) is 83.3 Å². The molecule has 5 rings (SSSR count). The number of fused-ring (bicyclic) bond motifs is 1. The van der Waals surface area contributed by atoms with Gasteiger partial charge in [0, 0.05) is 26.7 Å². The van der Waals surface area contributed by atoms with Gasteiger partial charge in [0.2, 0.25) is 0 Å². The van der Waals surface area contributed by atoms with Gasteiger partial charge in [0.15, 0.2) is 0 Å². The van der Waals surface area contributed by atoms with Crippen molar-refractivity contribution in [3.05, 3.63) is 140 Å². The second kappa shape index (κ2) is 12.9. The molecule has 1 amide bonds. The van der Waals surface area contributed by atoms with Crippen molar-refractivity contribution in [2.45, 2.75) is 6.61 Å². The molecule has 0 unspecified atom stereocenters. The molecule has 0 aromatic heterocycles. The second-order valence-corrected chi connectivity index (χ2v) is 10.1. The monoisotopic (exact) mass is 602 g/mol. The Labute approximate surface area is 251 Å². The molecule has 1 N–H and O–H groups in total. The Bertz CT molecular complexity index is 1770. The number of nitrogens with one attached hydrogen (secondary N) is 1. The molecule has 0 aliphatic rings. The summed E-state index contributed by atoms with van der Waals surface area (Å²) in [6, 6.07) is 29.5. The van der Waals surface area contributed by atoms with Gasteiger partial charge in [-0.3, -0.25) is 4.79 Å². The molecule has 0 saturated carbocycles. The number of hydrazone groups is 1. The fourth-order valence-electron chi connectivity index (χ4n) is 4.00. The Balaban J connectivity index is 1.29. The van der Waals surface area contributed by atoms with Crippen LogP contribution in [0.5, 0.6) is 11.5 Å². The van der Waals surface area contributed by atoms with E-state index < -0.39 is 11.9 Å². The van der Waals surface area contributed by atoms with E-state index in [-0.39, 0.29) is 22.9 Å². The first-order valence-corrected chi connectivity index (χ1v) is 13.5. The van der Waals surface area contributed by atoms with Crippen molar-refractivity contribution in [2.24, 2.45) is 5.10 Å². The van der Waals surface area contributed by atoms with Crippen LogP contribution in [0.25, 0.3) is 10.8 Å². The largest absolute Gasteiger partial charge is 0.489 e. The molecular formula is C32H21Cl3N2O4. The van der Waals surface area contributed by atoms with E-state index in [1.54, 1.807) is 72.8 Å². The first-order chi connectivity index (χ1) is 19.9. The van der Waals surface area contributed by atoms with Gasteiger partial charge in [0.05, 0.1) is 16.8 Å². The number of hydrogen-bond donors (Lipinski definition) is 1. The fraction of sp³-hybridized carbons (Fsp3) is 0.0312. The third-order valence-corrected chi connectivity index (χ3v) is 7.03. The molecule has 0 heterocycles. The number of benzene rings is 5. The molecule has 5 aromatic carbocycles. The molecule has 0 fully saturated rings. The number of carbonyl (C=O) groups excluding carboxylic acids is 2. The molecule has 9 heteroatoms. The van der Waals surface area contributed by atoms with Crippen LogP contribution >= 0.6 is 34.8 Å². The lowest BCUT2D eigenvalue weighted by atomic mass is 10.0. The molecule has 0 aliphatic carbocycles. The molecule has 0 aliphatic heterocycles. The zero-order valence-electron chi connectivity index (χ0n) is 21.3. The van der Waals surface area contributed by atoms with E-state index in [0.29, 0.717) is 26.9 Å².